The van der Waals surface area contributed by atoms with Crippen molar-refractivity contribution in [2.75, 3.05) is 20.8 Å². The summed E-state index contributed by atoms with van der Waals surface area (Å²) in [6, 6.07) is 3.90. The number of hydrogen-bond donors (Lipinski definition) is 2. The van der Waals surface area contributed by atoms with Crippen LogP contribution in [-0.2, 0) is 10.0 Å². The van der Waals surface area contributed by atoms with Gasteiger partial charge >= 0.3 is 0 Å². The largest absolute Gasteiger partial charge is 0.497 e. The Hall–Kier alpha value is -1.31. The minimum atomic E-state index is -3.77. The van der Waals surface area contributed by atoms with Crippen LogP contribution in [0.4, 0.5) is 0 Å². The highest BCUT2D eigenvalue weighted by Crippen LogP contribution is 2.28. The third kappa shape index (κ3) is 3.84. The maximum absolute atomic E-state index is 12.3. The average molecular weight is 303 g/mol. The molecule has 0 amide bonds. The number of methoxy groups -OCH3 is 2. The first-order chi connectivity index (χ1) is 9.35. The van der Waals surface area contributed by atoms with E-state index in [-0.39, 0.29) is 23.2 Å². The van der Waals surface area contributed by atoms with Crippen LogP contribution in [0.2, 0.25) is 0 Å². The van der Waals surface area contributed by atoms with Gasteiger partial charge in [-0.1, -0.05) is 13.8 Å². The molecule has 0 spiro atoms. The second-order valence-corrected chi connectivity index (χ2v) is 6.35. The number of sulfonamides is 1. The standard InChI is InChI=1S/C13H21NO5S/c1-9(2)11(8-15)14-20(16,17)13-6-5-10(18-3)7-12(13)19-4/h5-7,9,11,14-15H,8H2,1-4H3. The third-order valence-electron chi connectivity index (χ3n) is 2.97. The Balaban J connectivity index is 3.15. The van der Waals surface area contributed by atoms with Gasteiger partial charge in [-0.2, -0.15) is 0 Å². The van der Waals surface area contributed by atoms with Crippen LogP contribution in [0.3, 0.4) is 0 Å². The molecule has 0 aromatic heterocycles. The van der Waals surface area contributed by atoms with Crippen molar-refractivity contribution in [3.05, 3.63) is 18.2 Å². The van der Waals surface area contributed by atoms with Crippen molar-refractivity contribution in [3.8, 4) is 11.5 Å². The SMILES string of the molecule is COc1ccc(S(=O)(=O)NC(CO)C(C)C)c(OC)c1. The Labute approximate surface area is 119 Å². The van der Waals surface area contributed by atoms with Crippen molar-refractivity contribution < 1.29 is 23.0 Å². The smallest absolute Gasteiger partial charge is 0.244 e. The van der Waals surface area contributed by atoms with Gasteiger partial charge in [0.15, 0.2) is 0 Å². The van der Waals surface area contributed by atoms with Gasteiger partial charge in [-0.3, -0.25) is 0 Å². The van der Waals surface area contributed by atoms with Crippen molar-refractivity contribution in [2.45, 2.75) is 24.8 Å². The molecular formula is C13H21NO5S. The zero-order valence-corrected chi connectivity index (χ0v) is 12.9. The highest BCUT2D eigenvalue weighted by atomic mass is 32.2. The number of aliphatic hydroxyl groups is 1. The number of ether oxygens (including phenoxy) is 2. The molecule has 114 valence electrons. The summed E-state index contributed by atoms with van der Waals surface area (Å²) in [7, 11) is -0.898. The zero-order chi connectivity index (χ0) is 15.3. The molecule has 0 bridgehead atoms. The molecule has 1 atom stereocenters. The predicted octanol–water partition coefficient (Wildman–Crippen LogP) is 0.999. The first kappa shape index (κ1) is 16.7. The lowest BCUT2D eigenvalue weighted by atomic mass is 10.1. The van der Waals surface area contributed by atoms with Crippen molar-refractivity contribution in [3.63, 3.8) is 0 Å². The molecule has 0 saturated heterocycles. The Morgan fingerprint density at radius 2 is 1.90 bits per heavy atom. The molecule has 0 aliphatic heterocycles. The minimum Gasteiger partial charge on any atom is -0.497 e. The number of hydrogen-bond acceptors (Lipinski definition) is 5. The number of nitrogens with one attached hydrogen (secondary N) is 1. The lowest BCUT2D eigenvalue weighted by molar-refractivity contribution is 0.227. The topological polar surface area (TPSA) is 84.9 Å². The number of rotatable bonds is 7. The van der Waals surface area contributed by atoms with Gasteiger partial charge in [-0.25, -0.2) is 13.1 Å². The van der Waals surface area contributed by atoms with Gasteiger partial charge in [0.25, 0.3) is 0 Å². The van der Waals surface area contributed by atoms with Crippen molar-refractivity contribution >= 4 is 10.0 Å². The third-order valence-corrected chi connectivity index (χ3v) is 4.50. The molecule has 20 heavy (non-hydrogen) atoms. The second kappa shape index (κ2) is 6.92. The van der Waals surface area contributed by atoms with Crippen LogP contribution in [0.1, 0.15) is 13.8 Å². The predicted molar refractivity (Wildman–Crippen MR) is 75.6 cm³/mol. The van der Waals surface area contributed by atoms with E-state index in [1.54, 1.807) is 6.07 Å². The van der Waals surface area contributed by atoms with Gasteiger partial charge in [0.1, 0.15) is 16.4 Å². The fourth-order valence-electron chi connectivity index (χ4n) is 1.64. The zero-order valence-electron chi connectivity index (χ0n) is 12.1. The highest BCUT2D eigenvalue weighted by Gasteiger charge is 2.25. The van der Waals surface area contributed by atoms with Crippen molar-refractivity contribution in [1.82, 2.24) is 4.72 Å². The molecule has 1 rings (SSSR count). The minimum absolute atomic E-state index is 0.0138. The second-order valence-electron chi connectivity index (χ2n) is 4.67. The van der Waals surface area contributed by atoms with E-state index in [0.29, 0.717) is 5.75 Å². The molecule has 0 radical (unpaired) electrons. The van der Waals surface area contributed by atoms with Gasteiger partial charge in [-0.05, 0) is 18.1 Å². The Morgan fingerprint density at radius 3 is 2.35 bits per heavy atom. The summed E-state index contributed by atoms with van der Waals surface area (Å²) in [5.74, 6) is 0.666. The van der Waals surface area contributed by atoms with Gasteiger partial charge < -0.3 is 14.6 Å². The van der Waals surface area contributed by atoms with Crippen LogP contribution >= 0.6 is 0 Å². The summed E-state index contributed by atoms with van der Waals surface area (Å²) < 4.78 is 37.3. The lowest BCUT2D eigenvalue weighted by Crippen LogP contribution is -2.41. The molecule has 0 aliphatic carbocycles. The summed E-state index contributed by atoms with van der Waals surface area (Å²) in [4.78, 5) is 0.0138. The fraction of sp³-hybridized carbons (Fsp3) is 0.538. The summed E-state index contributed by atoms with van der Waals surface area (Å²) in [6.07, 6.45) is 0. The van der Waals surface area contributed by atoms with E-state index in [1.807, 2.05) is 13.8 Å². The van der Waals surface area contributed by atoms with E-state index < -0.39 is 16.1 Å². The number of benzene rings is 1. The van der Waals surface area contributed by atoms with Gasteiger partial charge in [0, 0.05) is 12.1 Å². The van der Waals surface area contributed by atoms with Crippen LogP contribution in [0.15, 0.2) is 23.1 Å². The van der Waals surface area contributed by atoms with Gasteiger partial charge in [-0.15, -0.1) is 0 Å². The number of aliphatic hydroxyl groups excluding tert-OH is 1. The van der Waals surface area contributed by atoms with E-state index in [4.69, 9.17) is 9.47 Å². The normalized spacial score (nSPS) is 13.3. The average Bonchev–Trinajstić information content (AvgIpc) is 2.43. The molecule has 0 heterocycles. The molecule has 2 N–H and O–H groups in total. The molecule has 1 aromatic rings. The van der Waals surface area contributed by atoms with E-state index in [1.165, 1.54) is 26.4 Å². The highest BCUT2D eigenvalue weighted by molar-refractivity contribution is 7.89. The fourth-order valence-corrected chi connectivity index (χ4v) is 3.17. The van der Waals surface area contributed by atoms with E-state index in [0.717, 1.165) is 0 Å². The summed E-state index contributed by atoms with van der Waals surface area (Å²) in [5, 5.41) is 9.24. The Morgan fingerprint density at radius 1 is 1.25 bits per heavy atom. The maximum atomic E-state index is 12.3. The van der Waals surface area contributed by atoms with Crippen LogP contribution in [0, 0.1) is 5.92 Å². The first-order valence-electron chi connectivity index (χ1n) is 6.21. The van der Waals surface area contributed by atoms with Crippen LogP contribution in [-0.4, -0.2) is 40.4 Å². The molecule has 7 heteroatoms. The quantitative estimate of drug-likeness (QED) is 0.785. The molecular weight excluding hydrogens is 282 g/mol. The van der Waals surface area contributed by atoms with Crippen molar-refractivity contribution in [1.29, 1.82) is 0 Å². The van der Waals surface area contributed by atoms with Crippen LogP contribution < -0.4 is 14.2 Å². The van der Waals surface area contributed by atoms with Crippen LogP contribution in [0.5, 0.6) is 11.5 Å². The van der Waals surface area contributed by atoms with Gasteiger partial charge in [0.05, 0.1) is 20.8 Å². The summed E-state index contributed by atoms with van der Waals surface area (Å²) in [5.41, 5.74) is 0. The summed E-state index contributed by atoms with van der Waals surface area (Å²) >= 11 is 0. The molecule has 1 unspecified atom stereocenters. The van der Waals surface area contributed by atoms with E-state index >= 15 is 0 Å². The molecule has 0 aliphatic rings. The lowest BCUT2D eigenvalue weighted by Gasteiger charge is -2.20. The summed E-state index contributed by atoms with van der Waals surface area (Å²) in [6.45, 7) is 3.39. The van der Waals surface area contributed by atoms with E-state index in [2.05, 4.69) is 4.72 Å². The molecule has 0 saturated carbocycles. The van der Waals surface area contributed by atoms with Gasteiger partial charge in [0.2, 0.25) is 10.0 Å². The molecule has 6 nitrogen and oxygen atoms in total. The first-order valence-corrected chi connectivity index (χ1v) is 7.69. The molecule has 1 aromatic carbocycles. The monoisotopic (exact) mass is 303 g/mol. The van der Waals surface area contributed by atoms with E-state index in [9.17, 15) is 13.5 Å². The maximum Gasteiger partial charge on any atom is 0.244 e. The Bertz CT molecular complexity index is 542. The van der Waals surface area contributed by atoms with Crippen molar-refractivity contribution in [2.24, 2.45) is 5.92 Å². The van der Waals surface area contributed by atoms with Crippen LogP contribution in [0.25, 0.3) is 0 Å². The molecule has 0 fully saturated rings. The Kier molecular flexibility index (Phi) is 5.79.